The highest BCUT2D eigenvalue weighted by molar-refractivity contribution is 7.15. The minimum absolute atomic E-state index is 0.0858. The normalized spacial score (nSPS) is 21.1. The van der Waals surface area contributed by atoms with E-state index in [1.54, 1.807) is 0 Å². The van der Waals surface area contributed by atoms with Crippen LogP contribution in [0.5, 0.6) is 0 Å². The quantitative estimate of drug-likeness (QED) is 0.886. The van der Waals surface area contributed by atoms with E-state index in [0.717, 1.165) is 11.4 Å². The van der Waals surface area contributed by atoms with Crippen LogP contribution in [0.15, 0.2) is 30.3 Å². The predicted molar refractivity (Wildman–Crippen MR) is 73.5 cm³/mol. The zero-order valence-electron chi connectivity index (χ0n) is 10.2. The molecule has 0 unspecified atom stereocenters. The predicted octanol–water partition coefficient (Wildman–Crippen LogP) is 1.54. The number of benzene rings is 1. The van der Waals surface area contributed by atoms with Crippen molar-refractivity contribution in [3.8, 4) is 0 Å². The van der Waals surface area contributed by atoms with E-state index >= 15 is 0 Å². The molecule has 0 aliphatic heterocycles. The van der Waals surface area contributed by atoms with Crippen LogP contribution in [0.1, 0.15) is 22.9 Å². The molecule has 3 rings (SSSR count). The summed E-state index contributed by atoms with van der Waals surface area (Å²) in [5, 5.41) is 11.6. The summed E-state index contributed by atoms with van der Waals surface area (Å²) in [6.07, 6.45) is 0.925. The number of nitrogens with two attached hydrogens (primary N) is 1. The first-order valence-corrected chi connectivity index (χ1v) is 6.96. The third kappa shape index (κ3) is 2.73. The average Bonchev–Trinajstić information content (AvgIpc) is 3.14. The van der Waals surface area contributed by atoms with Gasteiger partial charge in [0.05, 0.1) is 6.54 Å². The maximum atomic E-state index is 12.0. The smallest absolute Gasteiger partial charge is 0.224 e. The number of carbonyl (C=O) groups excluding carboxylic acids is 1. The van der Waals surface area contributed by atoms with Gasteiger partial charge in [0.2, 0.25) is 11.0 Å². The van der Waals surface area contributed by atoms with Crippen LogP contribution in [0.2, 0.25) is 0 Å². The number of anilines is 1. The SMILES string of the molecule is Nc1nnc(CNC(=O)[C@H]2C[C@@H]2c2ccccc2)s1. The molecular formula is C13H14N4OS. The Kier molecular flexibility index (Phi) is 3.16. The fourth-order valence-electron chi connectivity index (χ4n) is 2.19. The first kappa shape index (κ1) is 12.1. The van der Waals surface area contributed by atoms with E-state index in [-0.39, 0.29) is 11.8 Å². The zero-order chi connectivity index (χ0) is 13.2. The molecule has 5 nitrogen and oxygen atoms in total. The van der Waals surface area contributed by atoms with Gasteiger partial charge in [-0.15, -0.1) is 10.2 Å². The fraction of sp³-hybridized carbons (Fsp3) is 0.308. The minimum atomic E-state index is 0.0858. The van der Waals surface area contributed by atoms with Gasteiger partial charge in [-0.1, -0.05) is 41.7 Å². The summed E-state index contributed by atoms with van der Waals surface area (Å²) in [5.74, 6) is 0.538. The van der Waals surface area contributed by atoms with Crippen molar-refractivity contribution in [3.63, 3.8) is 0 Å². The topological polar surface area (TPSA) is 80.9 Å². The van der Waals surface area contributed by atoms with Crippen molar-refractivity contribution in [2.45, 2.75) is 18.9 Å². The van der Waals surface area contributed by atoms with E-state index < -0.39 is 0 Å². The fourth-order valence-corrected chi connectivity index (χ4v) is 2.73. The van der Waals surface area contributed by atoms with Crippen LogP contribution < -0.4 is 11.1 Å². The molecule has 1 aliphatic carbocycles. The van der Waals surface area contributed by atoms with E-state index in [4.69, 9.17) is 5.73 Å². The molecule has 0 bridgehead atoms. The van der Waals surface area contributed by atoms with E-state index in [1.807, 2.05) is 18.2 Å². The first-order valence-electron chi connectivity index (χ1n) is 6.14. The van der Waals surface area contributed by atoms with Gasteiger partial charge in [-0.3, -0.25) is 4.79 Å². The number of hydrogen-bond donors (Lipinski definition) is 2. The Morgan fingerprint density at radius 3 is 2.84 bits per heavy atom. The third-order valence-electron chi connectivity index (χ3n) is 3.25. The van der Waals surface area contributed by atoms with Crippen molar-refractivity contribution in [3.05, 3.63) is 40.9 Å². The number of nitrogens with one attached hydrogen (secondary N) is 1. The summed E-state index contributed by atoms with van der Waals surface area (Å²) in [6.45, 7) is 0.408. The molecule has 1 aromatic heterocycles. The molecule has 0 radical (unpaired) electrons. The van der Waals surface area contributed by atoms with Crippen molar-refractivity contribution in [1.29, 1.82) is 0 Å². The van der Waals surface area contributed by atoms with Gasteiger partial charge in [0.15, 0.2) is 0 Å². The number of nitrogens with zero attached hydrogens (tertiary/aromatic N) is 2. The average molecular weight is 274 g/mol. The monoisotopic (exact) mass is 274 g/mol. The molecule has 98 valence electrons. The molecule has 6 heteroatoms. The summed E-state index contributed by atoms with van der Waals surface area (Å²) < 4.78 is 0. The Labute approximate surface area is 114 Å². The molecule has 2 atom stereocenters. The lowest BCUT2D eigenvalue weighted by Gasteiger charge is -2.02. The van der Waals surface area contributed by atoms with Crippen molar-refractivity contribution in [1.82, 2.24) is 15.5 Å². The first-order chi connectivity index (χ1) is 9.24. The highest BCUT2D eigenvalue weighted by Crippen LogP contribution is 2.47. The van der Waals surface area contributed by atoms with Crippen LogP contribution in [-0.2, 0) is 11.3 Å². The Morgan fingerprint density at radius 2 is 2.16 bits per heavy atom. The van der Waals surface area contributed by atoms with E-state index in [1.165, 1.54) is 16.9 Å². The lowest BCUT2D eigenvalue weighted by atomic mass is 10.1. The Hall–Kier alpha value is -1.95. The molecule has 1 aromatic carbocycles. The molecule has 1 fully saturated rings. The minimum Gasteiger partial charge on any atom is -0.374 e. The molecule has 1 heterocycles. The Morgan fingerprint density at radius 1 is 1.37 bits per heavy atom. The molecule has 1 amide bonds. The van der Waals surface area contributed by atoms with Gasteiger partial charge in [0.1, 0.15) is 5.01 Å². The van der Waals surface area contributed by atoms with Gasteiger partial charge in [0.25, 0.3) is 0 Å². The van der Waals surface area contributed by atoms with E-state index in [9.17, 15) is 4.79 Å². The maximum absolute atomic E-state index is 12.0. The molecular weight excluding hydrogens is 260 g/mol. The van der Waals surface area contributed by atoms with Crippen molar-refractivity contribution in [2.75, 3.05) is 5.73 Å². The third-order valence-corrected chi connectivity index (χ3v) is 4.00. The summed E-state index contributed by atoms with van der Waals surface area (Å²) in [7, 11) is 0. The van der Waals surface area contributed by atoms with Gasteiger partial charge in [-0.2, -0.15) is 0 Å². The summed E-state index contributed by atoms with van der Waals surface area (Å²) in [5.41, 5.74) is 6.73. The number of nitrogen functional groups attached to an aromatic ring is 1. The summed E-state index contributed by atoms with van der Waals surface area (Å²) in [4.78, 5) is 12.0. The van der Waals surface area contributed by atoms with Crippen molar-refractivity contribution >= 4 is 22.4 Å². The largest absolute Gasteiger partial charge is 0.374 e. The van der Waals surface area contributed by atoms with E-state index in [2.05, 4.69) is 27.6 Å². The Bertz CT molecular complexity index is 583. The number of aromatic nitrogens is 2. The molecule has 19 heavy (non-hydrogen) atoms. The van der Waals surface area contributed by atoms with Crippen LogP contribution in [-0.4, -0.2) is 16.1 Å². The lowest BCUT2D eigenvalue weighted by molar-refractivity contribution is -0.122. The highest BCUT2D eigenvalue weighted by Gasteiger charge is 2.43. The number of rotatable bonds is 4. The standard InChI is InChI=1S/C13H14N4OS/c14-13-17-16-11(19-13)7-15-12(18)10-6-9(10)8-4-2-1-3-5-8/h1-5,9-10H,6-7H2,(H2,14,17)(H,15,18)/t9-,10+/m1/s1. The van der Waals surface area contributed by atoms with Crippen molar-refractivity contribution in [2.24, 2.45) is 5.92 Å². The number of carbonyl (C=O) groups is 1. The molecule has 0 saturated heterocycles. The van der Waals surface area contributed by atoms with Gasteiger partial charge in [-0.25, -0.2) is 0 Å². The van der Waals surface area contributed by atoms with Crippen LogP contribution in [0.25, 0.3) is 0 Å². The number of hydrogen-bond acceptors (Lipinski definition) is 5. The number of amides is 1. The van der Waals surface area contributed by atoms with Gasteiger partial charge >= 0.3 is 0 Å². The zero-order valence-corrected chi connectivity index (χ0v) is 11.1. The highest BCUT2D eigenvalue weighted by atomic mass is 32.1. The molecule has 1 aliphatic rings. The van der Waals surface area contributed by atoms with E-state index in [0.29, 0.717) is 17.6 Å². The maximum Gasteiger partial charge on any atom is 0.224 e. The molecule has 2 aromatic rings. The Balaban J connectivity index is 1.53. The summed E-state index contributed by atoms with van der Waals surface area (Å²) in [6, 6.07) is 10.1. The van der Waals surface area contributed by atoms with Crippen LogP contribution in [0, 0.1) is 5.92 Å². The van der Waals surface area contributed by atoms with Gasteiger partial charge in [-0.05, 0) is 17.9 Å². The van der Waals surface area contributed by atoms with Crippen LogP contribution in [0.4, 0.5) is 5.13 Å². The van der Waals surface area contributed by atoms with Crippen molar-refractivity contribution < 1.29 is 4.79 Å². The second-order valence-electron chi connectivity index (χ2n) is 4.61. The van der Waals surface area contributed by atoms with Crippen LogP contribution >= 0.6 is 11.3 Å². The molecule has 1 saturated carbocycles. The lowest BCUT2D eigenvalue weighted by Crippen LogP contribution is -2.24. The van der Waals surface area contributed by atoms with Crippen LogP contribution in [0.3, 0.4) is 0 Å². The second-order valence-corrected chi connectivity index (χ2v) is 5.70. The molecule has 3 N–H and O–H groups in total. The second kappa shape index (κ2) is 4.97. The van der Waals surface area contributed by atoms with Gasteiger partial charge in [0, 0.05) is 5.92 Å². The molecule has 0 spiro atoms. The summed E-state index contributed by atoms with van der Waals surface area (Å²) >= 11 is 1.30. The van der Waals surface area contributed by atoms with Gasteiger partial charge < -0.3 is 11.1 Å².